The van der Waals surface area contributed by atoms with Crippen LogP contribution < -0.4 is 15.5 Å². The number of fused-ring (bicyclic) bond motifs is 1. The summed E-state index contributed by atoms with van der Waals surface area (Å²) < 4.78 is 0. The van der Waals surface area contributed by atoms with Crippen LogP contribution in [0, 0.1) is 19.8 Å². The molecule has 0 unspecified atom stereocenters. The van der Waals surface area contributed by atoms with Crippen molar-refractivity contribution >= 4 is 34.9 Å². The van der Waals surface area contributed by atoms with E-state index in [4.69, 9.17) is 4.99 Å². The summed E-state index contributed by atoms with van der Waals surface area (Å²) in [6.07, 6.45) is 6.27. The second kappa shape index (κ2) is 11.4. The van der Waals surface area contributed by atoms with E-state index in [1.54, 1.807) is 11.0 Å². The monoisotopic (exact) mass is 515 g/mol. The highest BCUT2D eigenvalue weighted by atomic mass is 16.2. The molecule has 0 bridgehead atoms. The summed E-state index contributed by atoms with van der Waals surface area (Å²) in [4.78, 5) is 48.8. The molecule has 1 saturated heterocycles. The number of para-hydroxylation sites is 1. The van der Waals surface area contributed by atoms with Gasteiger partial charge in [-0.3, -0.25) is 19.5 Å². The summed E-state index contributed by atoms with van der Waals surface area (Å²) in [7, 11) is 0. The maximum absolute atomic E-state index is 14.0. The third-order valence-corrected chi connectivity index (χ3v) is 7.56. The number of anilines is 2. The van der Waals surface area contributed by atoms with E-state index in [9.17, 15) is 14.4 Å². The van der Waals surface area contributed by atoms with Gasteiger partial charge in [-0.1, -0.05) is 49.6 Å². The molecule has 2 heterocycles. The Morgan fingerprint density at radius 2 is 1.68 bits per heavy atom. The first-order valence-corrected chi connectivity index (χ1v) is 13.8. The lowest BCUT2D eigenvalue weighted by atomic mass is 10.00. The number of urea groups is 1. The summed E-state index contributed by atoms with van der Waals surface area (Å²) in [6, 6.07) is 12.9. The molecule has 3 aliphatic rings. The molecule has 0 aromatic heterocycles. The van der Waals surface area contributed by atoms with Gasteiger partial charge in [0.1, 0.15) is 6.54 Å². The molecule has 8 heteroatoms. The number of nitrogens with one attached hydrogen (secondary N) is 2. The first-order valence-electron chi connectivity index (χ1n) is 13.8. The number of hydrogen-bond donors (Lipinski definition) is 2. The molecule has 38 heavy (non-hydrogen) atoms. The molecule has 5 rings (SSSR count). The van der Waals surface area contributed by atoms with E-state index in [0.717, 1.165) is 66.6 Å². The molecule has 0 radical (unpaired) electrons. The van der Waals surface area contributed by atoms with E-state index in [-0.39, 0.29) is 18.4 Å². The number of benzene rings is 2. The summed E-state index contributed by atoms with van der Waals surface area (Å²) in [6.45, 7) is 5.27. The van der Waals surface area contributed by atoms with Crippen LogP contribution in [0.3, 0.4) is 0 Å². The van der Waals surface area contributed by atoms with Crippen molar-refractivity contribution in [1.82, 2.24) is 10.2 Å². The molecule has 0 spiro atoms. The normalized spacial score (nSPS) is 20.0. The summed E-state index contributed by atoms with van der Waals surface area (Å²) >= 11 is 0. The van der Waals surface area contributed by atoms with Gasteiger partial charge in [-0.25, -0.2) is 4.79 Å². The van der Waals surface area contributed by atoms with Crippen LogP contribution >= 0.6 is 0 Å². The predicted molar refractivity (Wildman–Crippen MR) is 150 cm³/mol. The van der Waals surface area contributed by atoms with Crippen molar-refractivity contribution in [2.45, 2.75) is 65.0 Å². The van der Waals surface area contributed by atoms with Crippen LogP contribution in [0.25, 0.3) is 0 Å². The summed E-state index contributed by atoms with van der Waals surface area (Å²) in [5, 5.41) is 5.61. The van der Waals surface area contributed by atoms with Gasteiger partial charge < -0.3 is 15.5 Å². The van der Waals surface area contributed by atoms with Crippen molar-refractivity contribution in [3.05, 3.63) is 59.2 Å². The van der Waals surface area contributed by atoms with Crippen LogP contribution in [-0.4, -0.2) is 54.3 Å². The van der Waals surface area contributed by atoms with E-state index in [2.05, 4.69) is 10.6 Å². The minimum absolute atomic E-state index is 0.0627. The fourth-order valence-corrected chi connectivity index (χ4v) is 5.42. The molecule has 1 saturated carbocycles. The van der Waals surface area contributed by atoms with Crippen molar-refractivity contribution in [2.75, 3.05) is 29.9 Å². The topological polar surface area (TPSA) is 94.1 Å². The van der Waals surface area contributed by atoms with E-state index in [1.807, 2.05) is 55.1 Å². The Bertz CT molecular complexity index is 1240. The lowest BCUT2D eigenvalue weighted by molar-refractivity contribution is -0.132. The average molecular weight is 516 g/mol. The molecule has 4 amide bonds. The molecule has 2 aliphatic heterocycles. The van der Waals surface area contributed by atoms with E-state index in [0.29, 0.717) is 18.8 Å². The fraction of sp³-hybridized carbons (Fsp3) is 0.467. The Kier molecular flexibility index (Phi) is 7.77. The molecule has 8 nitrogen and oxygen atoms in total. The molecule has 2 aromatic rings. The second-order valence-electron chi connectivity index (χ2n) is 10.7. The molecule has 2 aromatic carbocycles. The Hall–Kier alpha value is -3.68. The van der Waals surface area contributed by atoms with Crippen LogP contribution in [0.2, 0.25) is 0 Å². The standard InChI is InChI=1S/C30H37N5O3/c1-20-10-8-12-23(18-20)31-30(38)33-28-29(37)35(19-25(36)34-16-6-4-3-5-7-17-34)27-21(2)11-9-13-24(27)26(32-28)22-14-15-22/h8-13,18,22,28H,3-7,14-17,19H2,1-2H3,(H2,31,33,38)/t28-/m0/s1. The van der Waals surface area contributed by atoms with E-state index < -0.39 is 18.1 Å². The number of rotatable bonds is 5. The van der Waals surface area contributed by atoms with Gasteiger partial charge in [0.05, 0.1) is 11.4 Å². The summed E-state index contributed by atoms with van der Waals surface area (Å²) in [5.74, 6) is -0.208. The highest BCUT2D eigenvalue weighted by Gasteiger charge is 2.39. The van der Waals surface area contributed by atoms with Crippen LogP contribution in [0.4, 0.5) is 16.2 Å². The zero-order chi connectivity index (χ0) is 26.6. The van der Waals surface area contributed by atoms with Gasteiger partial charge >= 0.3 is 6.03 Å². The molecule has 2 fully saturated rings. The largest absolute Gasteiger partial charge is 0.341 e. The highest BCUT2D eigenvalue weighted by molar-refractivity contribution is 6.16. The van der Waals surface area contributed by atoms with Crippen molar-refractivity contribution < 1.29 is 14.4 Å². The van der Waals surface area contributed by atoms with E-state index >= 15 is 0 Å². The molecule has 1 aliphatic carbocycles. The third-order valence-electron chi connectivity index (χ3n) is 7.56. The maximum atomic E-state index is 14.0. The van der Waals surface area contributed by atoms with E-state index in [1.165, 1.54) is 6.42 Å². The van der Waals surface area contributed by atoms with Crippen LogP contribution in [0.1, 0.15) is 61.6 Å². The number of nitrogens with zero attached hydrogens (tertiary/aromatic N) is 3. The number of likely N-dealkylation sites (tertiary alicyclic amines) is 1. The average Bonchev–Trinajstić information content (AvgIpc) is 3.70. The highest BCUT2D eigenvalue weighted by Crippen LogP contribution is 2.39. The minimum Gasteiger partial charge on any atom is -0.341 e. The van der Waals surface area contributed by atoms with Gasteiger partial charge in [0.15, 0.2) is 0 Å². The Balaban J connectivity index is 1.44. The maximum Gasteiger partial charge on any atom is 0.321 e. The quantitative estimate of drug-likeness (QED) is 0.600. The molecular weight excluding hydrogens is 478 g/mol. The number of amides is 4. The van der Waals surface area contributed by atoms with Crippen molar-refractivity contribution in [1.29, 1.82) is 0 Å². The Labute approximate surface area is 224 Å². The second-order valence-corrected chi connectivity index (χ2v) is 10.7. The van der Waals surface area contributed by atoms with Gasteiger partial charge in [-0.2, -0.15) is 0 Å². The molecule has 200 valence electrons. The number of benzodiazepines with no additional fused rings is 1. The smallest absolute Gasteiger partial charge is 0.321 e. The van der Waals surface area contributed by atoms with Crippen LogP contribution in [-0.2, 0) is 9.59 Å². The van der Waals surface area contributed by atoms with Crippen LogP contribution in [0.5, 0.6) is 0 Å². The summed E-state index contributed by atoms with van der Waals surface area (Å²) in [5.41, 5.74) is 5.01. The first kappa shape index (κ1) is 25.9. The first-order chi connectivity index (χ1) is 18.4. The van der Waals surface area contributed by atoms with Crippen molar-refractivity contribution in [3.8, 4) is 0 Å². The molecule has 1 atom stereocenters. The van der Waals surface area contributed by atoms with Crippen molar-refractivity contribution in [3.63, 3.8) is 0 Å². The molecular formula is C30H37N5O3. The Morgan fingerprint density at radius 1 is 0.974 bits per heavy atom. The zero-order valence-electron chi connectivity index (χ0n) is 22.3. The number of hydrogen-bond acceptors (Lipinski definition) is 4. The van der Waals surface area contributed by atoms with Crippen LogP contribution in [0.15, 0.2) is 47.5 Å². The third kappa shape index (κ3) is 5.90. The number of carbonyl (C=O) groups is 3. The lowest BCUT2D eigenvalue weighted by Crippen LogP contribution is -2.52. The van der Waals surface area contributed by atoms with Gasteiger partial charge in [0.25, 0.3) is 5.91 Å². The molecule has 2 N–H and O–H groups in total. The number of aliphatic imine (C=N–C) groups is 1. The van der Waals surface area contributed by atoms with Gasteiger partial charge in [-0.05, 0) is 62.8 Å². The predicted octanol–water partition coefficient (Wildman–Crippen LogP) is 4.79. The zero-order valence-corrected chi connectivity index (χ0v) is 22.3. The number of aryl methyl sites for hydroxylation is 2. The number of carbonyl (C=O) groups excluding carboxylic acids is 3. The SMILES string of the molecule is Cc1cccc(NC(=O)N[C@@H]2N=C(C3CC3)c3cccc(C)c3N(CC(=O)N3CCCCCCC3)C2=O)c1. The fourth-order valence-electron chi connectivity index (χ4n) is 5.42. The van der Waals surface area contributed by atoms with Gasteiger partial charge in [0, 0.05) is 30.3 Å². The Morgan fingerprint density at radius 3 is 2.39 bits per heavy atom. The lowest BCUT2D eigenvalue weighted by Gasteiger charge is -2.30. The van der Waals surface area contributed by atoms with Gasteiger partial charge in [-0.15, -0.1) is 0 Å². The van der Waals surface area contributed by atoms with Gasteiger partial charge in [0.2, 0.25) is 12.1 Å². The minimum atomic E-state index is -1.12. The van der Waals surface area contributed by atoms with Crippen molar-refractivity contribution in [2.24, 2.45) is 10.9 Å².